The number of hydrogen-bond acceptors (Lipinski definition) is 3. The average molecular weight is 448 g/mol. The Labute approximate surface area is 164 Å². The summed E-state index contributed by atoms with van der Waals surface area (Å²) in [6.45, 7) is 9.42. The van der Waals surface area contributed by atoms with Gasteiger partial charge in [-0.3, -0.25) is 4.99 Å². The summed E-state index contributed by atoms with van der Waals surface area (Å²) in [7, 11) is 3.93. The lowest BCUT2D eigenvalue weighted by atomic mass is 10.1. The Balaban J connectivity index is 0.00000529. The number of rotatable bonds is 10. The van der Waals surface area contributed by atoms with Gasteiger partial charge in [-0.2, -0.15) is 0 Å². The van der Waals surface area contributed by atoms with E-state index in [9.17, 15) is 0 Å². The molecule has 0 aliphatic carbocycles. The zero-order chi connectivity index (χ0) is 16.9. The van der Waals surface area contributed by atoms with Crippen LogP contribution in [0.4, 0.5) is 0 Å². The van der Waals surface area contributed by atoms with E-state index >= 15 is 0 Å². The van der Waals surface area contributed by atoms with Crippen LogP contribution in [-0.2, 0) is 17.8 Å². The monoisotopic (exact) mass is 448 g/mol. The van der Waals surface area contributed by atoms with E-state index in [-0.39, 0.29) is 24.0 Å². The maximum Gasteiger partial charge on any atom is 0.191 e. The summed E-state index contributed by atoms with van der Waals surface area (Å²) in [6, 6.07) is 8.69. The van der Waals surface area contributed by atoms with Gasteiger partial charge in [0.15, 0.2) is 5.96 Å². The molecule has 138 valence electrons. The molecule has 0 saturated carbocycles. The van der Waals surface area contributed by atoms with E-state index in [0.29, 0.717) is 0 Å². The highest BCUT2D eigenvalue weighted by Gasteiger charge is 2.01. The van der Waals surface area contributed by atoms with E-state index in [1.165, 1.54) is 11.1 Å². The molecule has 0 bridgehead atoms. The first-order chi connectivity index (χ1) is 11.2. The molecule has 0 unspecified atom stereocenters. The summed E-state index contributed by atoms with van der Waals surface area (Å²) in [5, 5.41) is 6.66. The molecule has 0 radical (unpaired) electrons. The highest BCUT2D eigenvalue weighted by atomic mass is 127. The first kappa shape index (κ1) is 23.1. The number of ether oxygens (including phenoxy) is 1. The predicted octanol–water partition coefficient (Wildman–Crippen LogP) is 2.85. The minimum atomic E-state index is 0. The van der Waals surface area contributed by atoms with Gasteiger partial charge in [0.25, 0.3) is 0 Å². The largest absolute Gasteiger partial charge is 0.382 e. The molecule has 6 heteroatoms. The highest BCUT2D eigenvalue weighted by molar-refractivity contribution is 14.0. The van der Waals surface area contributed by atoms with Crippen molar-refractivity contribution in [1.82, 2.24) is 15.5 Å². The summed E-state index contributed by atoms with van der Waals surface area (Å²) in [5.41, 5.74) is 2.61. The van der Waals surface area contributed by atoms with E-state index in [0.717, 1.165) is 51.8 Å². The van der Waals surface area contributed by atoms with Crippen LogP contribution in [0.1, 0.15) is 31.4 Å². The van der Waals surface area contributed by atoms with Gasteiger partial charge in [-0.25, -0.2) is 0 Å². The van der Waals surface area contributed by atoms with Crippen molar-refractivity contribution in [1.29, 1.82) is 0 Å². The van der Waals surface area contributed by atoms with Crippen molar-refractivity contribution in [3.8, 4) is 0 Å². The lowest BCUT2D eigenvalue weighted by Gasteiger charge is -2.15. The van der Waals surface area contributed by atoms with Crippen molar-refractivity contribution in [3.05, 3.63) is 35.4 Å². The van der Waals surface area contributed by atoms with E-state index in [2.05, 4.69) is 58.8 Å². The number of nitrogens with zero attached hydrogens (tertiary/aromatic N) is 2. The normalized spacial score (nSPS) is 11.3. The topological polar surface area (TPSA) is 48.9 Å². The van der Waals surface area contributed by atoms with Crippen molar-refractivity contribution >= 4 is 29.9 Å². The first-order valence-corrected chi connectivity index (χ1v) is 8.48. The SMILES string of the molecule is CCOCCCNC(=NC)NCc1cccc(CN(C)CC)c1.I. The fourth-order valence-electron chi connectivity index (χ4n) is 2.19. The number of halogens is 1. The Morgan fingerprint density at radius 3 is 2.62 bits per heavy atom. The molecule has 2 N–H and O–H groups in total. The Morgan fingerprint density at radius 1 is 1.21 bits per heavy atom. The molecule has 0 aliphatic heterocycles. The van der Waals surface area contributed by atoms with Crippen LogP contribution in [0, 0.1) is 0 Å². The fraction of sp³-hybridized carbons (Fsp3) is 0.611. The smallest absolute Gasteiger partial charge is 0.191 e. The fourth-order valence-corrected chi connectivity index (χ4v) is 2.19. The molecule has 5 nitrogen and oxygen atoms in total. The lowest BCUT2D eigenvalue weighted by molar-refractivity contribution is 0.145. The van der Waals surface area contributed by atoms with Crippen LogP contribution in [0.15, 0.2) is 29.3 Å². The molecule has 0 fully saturated rings. The summed E-state index contributed by atoms with van der Waals surface area (Å²) < 4.78 is 5.33. The van der Waals surface area contributed by atoms with Crippen molar-refractivity contribution in [3.63, 3.8) is 0 Å². The summed E-state index contributed by atoms with van der Waals surface area (Å²) in [4.78, 5) is 6.55. The summed E-state index contributed by atoms with van der Waals surface area (Å²) in [5.74, 6) is 0.831. The molecule has 0 amide bonds. The average Bonchev–Trinajstić information content (AvgIpc) is 2.57. The second-order valence-corrected chi connectivity index (χ2v) is 5.55. The number of benzene rings is 1. The van der Waals surface area contributed by atoms with Crippen LogP contribution in [-0.4, -0.2) is 51.3 Å². The van der Waals surface area contributed by atoms with Crippen LogP contribution < -0.4 is 10.6 Å². The standard InChI is InChI=1S/C18H32N4O.HI/c1-5-22(4)15-17-10-7-9-16(13-17)14-21-18(19-3)20-11-8-12-23-6-2;/h7,9-10,13H,5-6,8,11-12,14-15H2,1-4H3,(H2,19,20,21);1H. The van der Waals surface area contributed by atoms with Gasteiger partial charge < -0.3 is 20.3 Å². The molecule has 1 aromatic rings. The number of aliphatic imine (C=N–C) groups is 1. The van der Waals surface area contributed by atoms with Gasteiger partial charge in [-0.15, -0.1) is 24.0 Å². The molecule has 0 heterocycles. The maximum atomic E-state index is 5.33. The van der Waals surface area contributed by atoms with Crippen molar-refractivity contribution in [2.45, 2.75) is 33.4 Å². The summed E-state index contributed by atoms with van der Waals surface area (Å²) >= 11 is 0. The molecule has 0 spiro atoms. The number of hydrogen-bond donors (Lipinski definition) is 2. The van der Waals surface area contributed by atoms with Crippen molar-refractivity contribution < 1.29 is 4.74 Å². The molecule has 1 rings (SSSR count). The Morgan fingerprint density at radius 2 is 1.96 bits per heavy atom. The molecule has 0 saturated heterocycles. The molecular formula is C18H33IN4O. The zero-order valence-corrected chi connectivity index (χ0v) is 17.8. The van der Waals surface area contributed by atoms with Gasteiger partial charge in [-0.05, 0) is 38.1 Å². The number of guanidine groups is 1. The molecule has 24 heavy (non-hydrogen) atoms. The first-order valence-electron chi connectivity index (χ1n) is 8.48. The molecule has 1 aromatic carbocycles. The van der Waals surface area contributed by atoms with E-state index in [1.807, 2.05) is 6.92 Å². The van der Waals surface area contributed by atoms with Crippen molar-refractivity contribution in [2.24, 2.45) is 4.99 Å². The summed E-state index contributed by atoms with van der Waals surface area (Å²) in [6.07, 6.45) is 0.980. The predicted molar refractivity (Wildman–Crippen MR) is 113 cm³/mol. The minimum Gasteiger partial charge on any atom is -0.382 e. The van der Waals surface area contributed by atoms with Gasteiger partial charge in [0.2, 0.25) is 0 Å². The molecule has 0 atom stereocenters. The van der Waals surface area contributed by atoms with E-state index in [1.54, 1.807) is 7.05 Å². The Bertz CT molecular complexity index is 468. The second kappa shape index (κ2) is 14.5. The van der Waals surface area contributed by atoms with Crippen molar-refractivity contribution in [2.75, 3.05) is 40.4 Å². The van der Waals surface area contributed by atoms with Crippen LogP contribution >= 0.6 is 24.0 Å². The van der Waals surface area contributed by atoms with Gasteiger partial charge in [0, 0.05) is 39.9 Å². The van der Waals surface area contributed by atoms with Crippen LogP contribution in [0.25, 0.3) is 0 Å². The molecular weight excluding hydrogens is 415 g/mol. The van der Waals surface area contributed by atoms with Gasteiger partial charge in [0.05, 0.1) is 0 Å². The quantitative estimate of drug-likeness (QED) is 0.250. The minimum absolute atomic E-state index is 0. The number of nitrogens with one attached hydrogen (secondary N) is 2. The van der Waals surface area contributed by atoms with Crippen LogP contribution in [0.5, 0.6) is 0 Å². The zero-order valence-electron chi connectivity index (χ0n) is 15.5. The Hall–Kier alpha value is -0.860. The third kappa shape index (κ3) is 10.1. The molecule has 0 aliphatic rings. The Kier molecular flexibility index (Phi) is 14.0. The molecule has 0 aromatic heterocycles. The van der Waals surface area contributed by atoms with Crippen LogP contribution in [0.3, 0.4) is 0 Å². The van der Waals surface area contributed by atoms with Gasteiger partial charge in [0.1, 0.15) is 0 Å². The third-order valence-corrected chi connectivity index (χ3v) is 3.63. The van der Waals surface area contributed by atoms with Gasteiger partial charge in [-0.1, -0.05) is 31.2 Å². The lowest BCUT2D eigenvalue weighted by Crippen LogP contribution is -2.37. The van der Waals surface area contributed by atoms with Gasteiger partial charge >= 0.3 is 0 Å². The highest BCUT2D eigenvalue weighted by Crippen LogP contribution is 2.07. The second-order valence-electron chi connectivity index (χ2n) is 5.55. The van der Waals surface area contributed by atoms with E-state index in [4.69, 9.17) is 4.74 Å². The maximum absolute atomic E-state index is 5.33. The van der Waals surface area contributed by atoms with E-state index < -0.39 is 0 Å². The third-order valence-electron chi connectivity index (χ3n) is 3.63. The van der Waals surface area contributed by atoms with Crippen LogP contribution in [0.2, 0.25) is 0 Å².